The fraction of sp³-hybridized carbons (Fsp3) is 0.889. The van der Waals surface area contributed by atoms with Crippen LogP contribution in [0.25, 0.3) is 10.4 Å². The Morgan fingerprint density at radius 2 is 2.38 bits per heavy atom. The molecule has 1 amide bonds. The molecule has 0 radical (unpaired) electrons. The van der Waals surface area contributed by atoms with Gasteiger partial charge >= 0.3 is 6.09 Å². The van der Waals surface area contributed by atoms with E-state index in [1.54, 1.807) is 0 Å². The number of hydrogen-bond donors (Lipinski definition) is 2. The summed E-state index contributed by atoms with van der Waals surface area (Å²) < 4.78 is 4.73. The molecule has 0 aliphatic heterocycles. The normalized spacial score (nSPS) is 11.4. The van der Waals surface area contributed by atoms with Crippen molar-refractivity contribution >= 4 is 6.09 Å². The van der Waals surface area contributed by atoms with Crippen LogP contribution in [0.3, 0.4) is 0 Å². The van der Waals surface area contributed by atoms with Crippen LogP contribution in [-0.2, 0) is 4.74 Å². The fourth-order valence-electron chi connectivity index (χ4n) is 1.06. The highest BCUT2D eigenvalue weighted by Crippen LogP contribution is 1.96. The van der Waals surface area contributed by atoms with Gasteiger partial charge in [0.15, 0.2) is 0 Å². The molecule has 0 spiro atoms. The number of unbranched alkanes of at least 4 members (excludes halogenated alkanes) is 1. The van der Waals surface area contributed by atoms with E-state index in [2.05, 4.69) is 15.3 Å². The molecule has 0 heterocycles. The molecule has 0 rings (SSSR count). The Balaban J connectivity index is 3.27. The largest absolute Gasteiger partial charge is 0.449 e. The number of amides is 1. The predicted molar refractivity (Wildman–Crippen MR) is 60.9 cm³/mol. The van der Waals surface area contributed by atoms with E-state index >= 15 is 0 Å². The van der Waals surface area contributed by atoms with Crippen molar-refractivity contribution in [1.29, 1.82) is 0 Å². The predicted octanol–water partition coefficient (Wildman–Crippen LogP) is 1.54. The van der Waals surface area contributed by atoms with E-state index in [1.807, 2.05) is 6.92 Å². The second-order valence-corrected chi connectivity index (χ2v) is 3.49. The van der Waals surface area contributed by atoms with Gasteiger partial charge in [0.1, 0.15) is 0 Å². The summed E-state index contributed by atoms with van der Waals surface area (Å²) in [5.41, 5.74) is 13.5. The average Bonchev–Trinajstić information content (AvgIpc) is 2.23. The van der Waals surface area contributed by atoms with Crippen LogP contribution < -0.4 is 11.1 Å². The van der Waals surface area contributed by atoms with Crippen LogP contribution in [0.4, 0.5) is 4.79 Å². The minimum Gasteiger partial charge on any atom is -0.449 e. The SMILES string of the molecule is C[C@@H](N)CCCCNC(=O)OCCN=[N+]=[N-]. The van der Waals surface area contributed by atoms with Gasteiger partial charge in [-0.25, -0.2) is 4.79 Å². The van der Waals surface area contributed by atoms with Crippen LogP contribution in [0.2, 0.25) is 0 Å². The molecule has 1 atom stereocenters. The molecule has 0 bridgehead atoms. The second kappa shape index (κ2) is 10.1. The summed E-state index contributed by atoms with van der Waals surface area (Å²) in [7, 11) is 0. The molecular weight excluding hydrogens is 210 g/mol. The number of carbonyl (C=O) groups is 1. The van der Waals surface area contributed by atoms with Crippen molar-refractivity contribution < 1.29 is 9.53 Å². The summed E-state index contributed by atoms with van der Waals surface area (Å²) in [4.78, 5) is 13.5. The summed E-state index contributed by atoms with van der Waals surface area (Å²) in [6.07, 6.45) is 2.34. The van der Waals surface area contributed by atoms with Crippen molar-refractivity contribution in [3.63, 3.8) is 0 Å². The smallest absolute Gasteiger partial charge is 0.407 e. The maximum absolute atomic E-state index is 11.0. The first-order valence-corrected chi connectivity index (χ1v) is 5.34. The molecule has 0 aromatic heterocycles. The van der Waals surface area contributed by atoms with Crippen molar-refractivity contribution in [2.24, 2.45) is 10.8 Å². The van der Waals surface area contributed by atoms with Crippen molar-refractivity contribution in [2.75, 3.05) is 19.7 Å². The Hall–Kier alpha value is -1.46. The highest BCUT2D eigenvalue weighted by Gasteiger charge is 2.00. The van der Waals surface area contributed by atoms with Gasteiger partial charge in [-0.3, -0.25) is 0 Å². The van der Waals surface area contributed by atoms with Gasteiger partial charge in [-0.2, -0.15) is 0 Å². The lowest BCUT2D eigenvalue weighted by molar-refractivity contribution is 0.149. The van der Waals surface area contributed by atoms with Gasteiger partial charge in [-0.1, -0.05) is 11.5 Å². The molecule has 3 N–H and O–H groups in total. The molecule has 16 heavy (non-hydrogen) atoms. The zero-order valence-electron chi connectivity index (χ0n) is 9.56. The number of azide groups is 1. The molecule has 7 heteroatoms. The number of nitrogens with one attached hydrogen (secondary N) is 1. The van der Waals surface area contributed by atoms with Crippen molar-refractivity contribution in [3.8, 4) is 0 Å². The van der Waals surface area contributed by atoms with E-state index in [9.17, 15) is 4.79 Å². The van der Waals surface area contributed by atoms with Crippen LogP contribution in [-0.4, -0.2) is 31.8 Å². The third-order valence-corrected chi connectivity index (χ3v) is 1.84. The quantitative estimate of drug-likeness (QED) is 0.285. The maximum Gasteiger partial charge on any atom is 0.407 e. The lowest BCUT2D eigenvalue weighted by atomic mass is 10.1. The zero-order chi connectivity index (χ0) is 12.2. The molecular formula is C9H19N5O2. The molecule has 0 aromatic carbocycles. The van der Waals surface area contributed by atoms with E-state index in [1.165, 1.54) is 0 Å². The minimum atomic E-state index is -0.478. The number of rotatable bonds is 8. The molecule has 0 unspecified atom stereocenters. The molecule has 7 nitrogen and oxygen atoms in total. The third-order valence-electron chi connectivity index (χ3n) is 1.84. The summed E-state index contributed by atoms with van der Waals surface area (Å²) in [6.45, 7) is 2.80. The van der Waals surface area contributed by atoms with Crippen molar-refractivity contribution in [2.45, 2.75) is 32.2 Å². The standard InChI is InChI=1S/C9H19N5O2/c1-8(10)4-2-3-5-12-9(15)16-7-6-13-14-11/h8H,2-7,10H2,1H3,(H,12,15)/t8-/m1/s1. The number of alkyl carbamates (subject to hydrolysis) is 1. The van der Waals surface area contributed by atoms with E-state index < -0.39 is 6.09 Å². The van der Waals surface area contributed by atoms with Gasteiger partial charge < -0.3 is 15.8 Å². The highest BCUT2D eigenvalue weighted by molar-refractivity contribution is 5.66. The number of hydrogen-bond acceptors (Lipinski definition) is 4. The number of nitrogens with zero attached hydrogens (tertiary/aromatic N) is 3. The maximum atomic E-state index is 11.0. The Morgan fingerprint density at radius 1 is 1.62 bits per heavy atom. The van der Waals surface area contributed by atoms with Crippen LogP contribution in [0.5, 0.6) is 0 Å². The third kappa shape index (κ3) is 10.6. The van der Waals surface area contributed by atoms with E-state index in [0.717, 1.165) is 19.3 Å². The minimum absolute atomic E-state index is 0.107. The van der Waals surface area contributed by atoms with Gasteiger partial charge in [0.25, 0.3) is 0 Å². The van der Waals surface area contributed by atoms with Gasteiger partial charge in [-0.05, 0) is 25.3 Å². The Bertz CT molecular complexity index is 238. The summed E-state index contributed by atoms with van der Waals surface area (Å²) >= 11 is 0. The number of carbonyl (C=O) groups excluding carboxylic acids is 1. The van der Waals surface area contributed by atoms with Gasteiger partial charge in [0.2, 0.25) is 0 Å². The number of nitrogens with two attached hydrogens (primary N) is 1. The van der Waals surface area contributed by atoms with Crippen molar-refractivity contribution in [1.82, 2.24) is 5.32 Å². The summed E-state index contributed by atoms with van der Waals surface area (Å²) in [5.74, 6) is 0. The number of ether oxygens (including phenoxy) is 1. The fourth-order valence-corrected chi connectivity index (χ4v) is 1.06. The van der Waals surface area contributed by atoms with Crippen LogP contribution in [0.15, 0.2) is 5.11 Å². The molecule has 0 aromatic rings. The Morgan fingerprint density at radius 3 is 3.00 bits per heavy atom. The van der Waals surface area contributed by atoms with E-state index in [4.69, 9.17) is 16.0 Å². The van der Waals surface area contributed by atoms with E-state index in [0.29, 0.717) is 6.54 Å². The first kappa shape index (κ1) is 14.5. The zero-order valence-corrected chi connectivity index (χ0v) is 9.56. The van der Waals surface area contributed by atoms with Gasteiger partial charge in [0.05, 0.1) is 13.2 Å². The monoisotopic (exact) mass is 229 g/mol. The molecule has 0 aliphatic rings. The second-order valence-electron chi connectivity index (χ2n) is 3.49. The molecule has 0 saturated heterocycles. The van der Waals surface area contributed by atoms with Crippen LogP contribution in [0.1, 0.15) is 26.2 Å². The first-order valence-electron chi connectivity index (χ1n) is 5.34. The lowest BCUT2D eigenvalue weighted by Crippen LogP contribution is -2.26. The van der Waals surface area contributed by atoms with E-state index in [-0.39, 0.29) is 19.2 Å². The first-order chi connectivity index (χ1) is 7.66. The average molecular weight is 229 g/mol. The molecule has 0 saturated carbocycles. The Labute approximate surface area is 95.0 Å². The summed E-state index contributed by atoms with van der Waals surface area (Å²) in [5, 5.41) is 5.83. The summed E-state index contributed by atoms with van der Waals surface area (Å²) in [6, 6.07) is 0.204. The van der Waals surface area contributed by atoms with Gasteiger partial charge in [-0.15, -0.1) is 0 Å². The van der Waals surface area contributed by atoms with Crippen LogP contribution >= 0.6 is 0 Å². The molecule has 0 aliphatic carbocycles. The highest BCUT2D eigenvalue weighted by atomic mass is 16.5. The lowest BCUT2D eigenvalue weighted by Gasteiger charge is -2.06. The van der Waals surface area contributed by atoms with Gasteiger partial charge in [0, 0.05) is 17.5 Å². The Kier molecular flexibility index (Phi) is 9.15. The molecule has 92 valence electrons. The van der Waals surface area contributed by atoms with Crippen molar-refractivity contribution in [3.05, 3.63) is 10.4 Å². The molecule has 0 fully saturated rings. The van der Waals surface area contributed by atoms with Crippen LogP contribution in [0, 0.1) is 0 Å². The topological polar surface area (TPSA) is 113 Å².